The third-order valence-electron chi connectivity index (χ3n) is 4.26. The number of hydrogen-bond acceptors (Lipinski definition) is 5. The second kappa shape index (κ2) is 7.33. The van der Waals surface area contributed by atoms with Crippen molar-refractivity contribution < 1.29 is 0 Å². The van der Waals surface area contributed by atoms with Crippen molar-refractivity contribution in [1.82, 2.24) is 25.3 Å². The van der Waals surface area contributed by atoms with E-state index in [0.717, 1.165) is 40.9 Å². The van der Waals surface area contributed by atoms with Gasteiger partial charge in [-0.2, -0.15) is 0 Å². The second-order valence-electron chi connectivity index (χ2n) is 6.04. The van der Waals surface area contributed by atoms with Crippen LogP contribution in [0.15, 0.2) is 61.1 Å². The SMILES string of the molecule is CNCCc1ccc(Nc2nccc(-c3c[nH]c4ncccc34)n2)cc1. The summed E-state index contributed by atoms with van der Waals surface area (Å²) < 4.78 is 0. The van der Waals surface area contributed by atoms with Crippen molar-refractivity contribution in [3.8, 4) is 11.3 Å². The molecule has 0 amide bonds. The Morgan fingerprint density at radius 3 is 2.73 bits per heavy atom. The minimum absolute atomic E-state index is 0.573. The number of pyridine rings is 1. The van der Waals surface area contributed by atoms with Gasteiger partial charge < -0.3 is 15.6 Å². The Morgan fingerprint density at radius 1 is 1.00 bits per heavy atom. The summed E-state index contributed by atoms with van der Waals surface area (Å²) in [6.45, 7) is 0.970. The van der Waals surface area contributed by atoms with Crippen LogP contribution < -0.4 is 10.6 Å². The Kier molecular flexibility index (Phi) is 4.57. The molecule has 0 fully saturated rings. The Hall–Kier alpha value is -3.25. The lowest BCUT2D eigenvalue weighted by atomic mass is 10.1. The average Bonchev–Trinajstić information content (AvgIpc) is 3.12. The molecule has 0 saturated heterocycles. The molecule has 3 heterocycles. The van der Waals surface area contributed by atoms with Crippen LogP contribution >= 0.6 is 0 Å². The fourth-order valence-electron chi connectivity index (χ4n) is 2.89. The van der Waals surface area contributed by atoms with Gasteiger partial charge in [0.15, 0.2) is 0 Å². The standard InChI is InChI=1S/C20H20N6/c1-21-11-8-14-4-6-15(7-5-14)25-20-23-12-9-18(26-20)17-13-24-19-16(17)3-2-10-22-19/h2-7,9-10,12-13,21H,8,11H2,1H3,(H,22,24)(H,23,25,26). The van der Waals surface area contributed by atoms with Gasteiger partial charge in [-0.25, -0.2) is 15.0 Å². The van der Waals surface area contributed by atoms with Gasteiger partial charge in [0.25, 0.3) is 0 Å². The Morgan fingerprint density at radius 2 is 1.88 bits per heavy atom. The fraction of sp³-hybridized carbons (Fsp3) is 0.150. The predicted molar refractivity (Wildman–Crippen MR) is 104 cm³/mol. The molecule has 130 valence electrons. The Labute approximate surface area is 151 Å². The summed E-state index contributed by atoms with van der Waals surface area (Å²) in [5.41, 5.74) is 4.99. The number of aromatic nitrogens is 4. The van der Waals surface area contributed by atoms with E-state index in [0.29, 0.717) is 5.95 Å². The number of rotatable bonds is 6. The summed E-state index contributed by atoms with van der Waals surface area (Å²) in [7, 11) is 1.96. The summed E-state index contributed by atoms with van der Waals surface area (Å²) >= 11 is 0. The van der Waals surface area contributed by atoms with Crippen LogP contribution in [-0.2, 0) is 6.42 Å². The molecule has 0 saturated carbocycles. The molecule has 6 heteroatoms. The Balaban J connectivity index is 1.56. The summed E-state index contributed by atoms with van der Waals surface area (Å²) in [5.74, 6) is 0.573. The first kappa shape index (κ1) is 16.2. The minimum Gasteiger partial charge on any atom is -0.345 e. The van der Waals surface area contributed by atoms with Crippen molar-refractivity contribution in [2.24, 2.45) is 0 Å². The van der Waals surface area contributed by atoms with E-state index in [-0.39, 0.29) is 0 Å². The Bertz CT molecular complexity index is 1010. The first-order chi connectivity index (χ1) is 12.8. The van der Waals surface area contributed by atoms with Crippen LogP contribution in [0.25, 0.3) is 22.3 Å². The molecule has 26 heavy (non-hydrogen) atoms. The van der Waals surface area contributed by atoms with E-state index in [4.69, 9.17) is 0 Å². The van der Waals surface area contributed by atoms with Gasteiger partial charge in [-0.05, 0) is 55.9 Å². The average molecular weight is 344 g/mol. The van der Waals surface area contributed by atoms with Crippen molar-refractivity contribution in [3.05, 3.63) is 66.6 Å². The molecule has 3 aromatic heterocycles. The van der Waals surface area contributed by atoms with Gasteiger partial charge in [0.2, 0.25) is 5.95 Å². The third-order valence-corrected chi connectivity index (χ3v) is 4.26. The third kappa shape index (κ3) is 3.41. The minimum atomic E-state index is 0.573. The lowest BCUT2D eigenvalue weighted by Crippen LogP contribution is -2.10. The van der Waals surface area contributed by atoms with Crippen LogP contribution in [0.5, 0.6) is 0 Å². The lowest BCUT2D eigenvalue weighted by Gasteiger charge is -2.07. The van der Waals surface area contributed by atoms with Crippen LogP contribution in [0.4, 0.5) is 11.6 Å². The van der Waals surface area contributed by atoms with E-state index >= 15 is 0 Å². The summed E-state index contributed by atoms with van der Waals surface area (Å²) in [6.07, 6.45) is 6.48. The van der Waals surface area contributed by atoms with Crippen molar-refractivity contribution in [2.75, 3.05) is 18.9 Å². The summed E-state index contributed by atoms with van der Waals surface area (Å²) in [4.78, 5) is 16.5. The smallest absolute Gasteiger partial charge is 0.227 e. The van der Waals surface area contributed by atoms with Gasteiger partial charge in [-0.3, -0.25) is 0 Å². The summed E-state index contributed by atoms with van der Waals surface area (Å²) in [5, 5.41) is 7.48. The summed E-state index contributed by atoms with van der Waals surface area (Å²) in [6, 6.07) is 14.2. The van der Waals surface area contributed by atoms with Crippen molar-refractivity contribution >= 4 is 22.7 Å². The van der Waals surface area contributed by atoms with Crippen LogP contribution in [-0.4, -0.2) is 33.5 Å². The van der Waals surface area contributed by atoms with E-state index in [1.54, 1.807) is 12.4 Å². The number of H-pyrrole nitrogens is 1. The number of benzene rings is 1. The molecule has 4 aromatic rings. The van der Waals surface area contributed by atoms with Gasteiger partial charge in [-0.1, -0.05) is 12.1 Å². The number of anilines is 2. The number of nitrogens with one attached hydrogen (secondary N) is 3. The van der Waals surface area contributed by atoms with Crippen molar-refractivity contribution in [2.45, 2.75) is 6.42 Å². The van der Waals surface area contributed by atoms with Gasteiger partial charge >= 0.3 is 0 Å². The van der Waals surface area contributed by atoms with Crippen LogP contribution in [0.1, 0.15) is 5.56 Å². The maximum absolute atomic E-state index is 4.65. The number of nitrogens with zero attached hydrogens (tertiary/aromatic N) is 3. The van der Waals surface area contributed by atoms with Crippen molar-refractivity contribution in [3.63, 3.8) is 0 Å². The monoisotopic (exact) mass is 344 g/mol. The van der Waals surface area contributed by atoms with E-state index in [9.17, 15) is 0 Å². The molecular weight excluding hydrogens is 324 g/mol. The van der Waals surface area contributed by atoms with Gasteiger partial charge in [0.05, 0.1) is 5.69 Å². The number of likely N-dealkylation sites (N-methyl/N-ethyl adjacent to an activating group) is 1. The largest absolute Gasteiger partial charge is 0.345 e. The molecule has 0 bridgehead atoms. The molecule has 0 aliphatic heterocycles. The molecule has 6 nitrogen and oxygen atoms in total. The highest BCUT2D eigenvalue weighted by molar-refractivity contribution is 5.92. The maximum atomic E-state index is 4.65. The maximum Gasteiger partial charge on any atom is 0.227 e. The second-order valence-corrected chi connectivity index (χ2v) is 6.04. The number of fused-ring (bicyclic) bond motifs is 1. The molecule has 0 radical (unpaired) electrons. The molecule has 0 atom stereocenters. The van der Waals surface area contributed by atoms with E-state index in [2.05, 4.69) is 54.8 Å². The first-order valence-corrected chi connectivity index (χ1v) is 8.59. The van der Waals surface area contributed by atoms with E-state index in [1.165, 1.54) is 5.56 Å². The highest BCUT2D eigenvalue weighted by Gasteiger charge is 2.09. The molecular formula is C20H20N6. The molecule has 0 aliphatic carbocycles. The predicted octanol–water partition coefficient (Wildman–Crippen LogP) is 3.53. The highest BCUT2D eigenvalue weighted by Crippen LogP contribution is 2.26. The molecule has 4 rings (SSSR count). The van der Waals surface area contributed by atoms with Crippen LogP contribution in [0.2, 0.25) is 0 Å². The van der Waals surface area contributed by atoms with Gasteiger partial charge in [0, 0.05) is 35.2 Å². The lowest BCUT2D eigenvalue weighted by molar-refractivity contribution is 0.792. The van der Waals surface area contributed by atoms with Crippen molar-refractivity contribution in [1.29, 1.82) is 0 Å². The zero-order valence-electron chi connectivity index (χ0n) is 14.5. The van der Waals surface area contributed by atoms with E-state index in [1.807, 2.05) is 31.4 Å². The topological polar surface area (TPSA) is 78.5 Å². The number of aromatic amines is 1. The van der Waals surface area contributed by atoms with Gasteiger partial charge in [0.1, 0.15) is 5.65 Å². The molecule has 0 aliphatic rings. The van der Waals surface area contributed by atoms with E-state index < -0.39 is 0 Å². The fourth-order valence-corrected chi connectivity index (χ4v) is 2.89. The quantitative estimate of drug-likeness (QED) is 0.499. The van der Waals surface area contributed by atoms with Gasteiger partial charge in [-0.15, -0.1) is 0 Å². The van der Waals surface area contributed by atoms with Crippen LogP contribution in [0.3, 0.4) is 0 Å². The molecule has 0 spiro atoms. The van der Waals surface area contributed by atoms with Crippen LogP contribution in [0, 0.1) is 0 Å². The highest BCUT2D eigenvalue weighted by atomic mass is 15.1. The number of hydrogen-bond donors (Lipinski definition) is 3. The molecule has 0 unspecified atom stereocenters. The molecule has 3 N–H and O–H groups in total. The zero-order valence-corrected chi connectivity index (χ0v) is 14.5. The normalized spacial score (nSPS) is 11.0. The first-order valence-electron chi connectivity index (χ1n) is 8.59. The zero-order chi connectivity index (χ0) is 17.8. The molecule has 1 aromatic carbocycles.